The van der Waals surface area contributed by atoms with Crippen molar-refractivity contribution in [3.8, 4) is 5.75 Å². The van der Waals surface area contributed by atoms with E-state index in [1.165, 1.54) is 13.2 Å². The molecule has 1 saturated carbocycles. The molecule has 2 unspecified atom stereocenters. The van der Waals surface area contributed by atoms with Crippen molar-refractivity contribution in [1.82, 2.24) is 4.72 Å². The van der Waals surface area contributed by atoms with Crippen molar-refractivity contribution < 1.29 is 23.1 Å². The average Bonchev–Trinajstić information content (AvgIpc) is 2.86. The monoisotopic (exact) mass is 377 g/mol. The lowest BCUT2D eigenvalue weighted by atomic mass is 10.1. The van der Waals surface area contributed by atoms with Gasteiger partial charge >= 0.3 is 5.97 Å². The summed E-state index contributed by atoms with van der Waals surface area (Å²) in [5.41, 5.74) is 0. The Morgan fingerprint density at radius 3 is 2.76 bits per heavy atom. The van der Waals surface area contributed by atoms with Crippen molar-refractivity contribution >= 4 is 31.9 Å². The van der Waals surface area contributed by atoms with E-state index in [9.17, 15) is 13.2 Å². The van der Waals surface area contributed by atoms with E-state index in [4.69, 9.17) is 9.84 Å². The summed E-state index contributed by atoms with van der Waals surface area (Å²) in [4.78, 5) is 11.1. The van der Waals surface area contributed by atoms with E-state index in [0.717, 1.165) is 0 Å². The Morgan fingerprint density at radius 2 is 2.14 bits per heavy atom. The van der Waals surface area contributed by atoms with E-state index >= 15 is 0 Å². The molecular weight excluding hydrogens is 362 g/mol. The second kappa shape index (κ2) is 6.33. The Balaban J connectivity index is 2.30. The summed E-state index contributed by atoms with van der Waals surface area (Å²) in [5.74, 6) is -1.44. The molecule has 0 spiro atoms. The number of ether oxygens (including phenoxy) is 1. The zero-order valence-corrected chi connectivity index (χ0v) is 13.8. The van der Waals surface area contributed by atoms with Gasteiger partial charge in [0.2, 0.25) is 10.0 Å². The largest absolute Gasteiger partial charge is 0.495 e. The third kappa shape index (κ3) is 3.56. The summed E-state index contributed by atoms with van der Waals surface area (Å²) in [6.07, 6.45) is 1.70. The first kappa shape index (κ1) is 16.3. The van der Waals surface area contributed by atoms with Crippen molar-refractivity contribution in [1.29, 1.82) is 0 Å². The smallest absolute Gasteiger partial charge is 0.308 e. The van der Waals surface area contributed by atoms with E-state index in [1.54, 1.807) is 12.1 Å². The molecule has 2 atom stereocenters. The van der Waals surface area contributed by atoms with Crippen molar-refractivity contribution in [2.45, 2.75) is 30.2 Å². The molecule has 0 radical (unpaired) electrons. The lowest BCUT2D eigenvalue weighted by Gasteiger charge is -2.18. The van der Waals surface area contributed by atoms with Gasteiger partial charge < -0.3 is 9.84 Å². The van der Waals surface area contributed by atoms with Crippen LogP contribution in [0.3, 0.4) is 0 Å². The number of halogens is 1. The Morgan fingerprint density at radius 1 is 1.43 bits per heavy atom. The Bertz CT molecular complexity index is 646. The molecule has 2 N–H and O–H groups in total. The molecule has 1 aromatic carbocycles. The van der Waals surface area contributed by atoms with Crippen LogP contribution in [0.25, 0.3) is 0 Å². The quantitative estimate of drug-likeness (QED) is 0.818. The fraction of sp³-hybridized carbons (Fsp3) is 0.462. The number of aliphatic carboxylic acids is 1. The van der Waals surface area contributed by atoms with Gasteiger partial charge in [0, 0.05) is 10.5 Å². The molecule has 8 heteroatoms. The van der Waals surface area contributed by atoms with Gasteiger partial charge in [-0.15, -0.1) is 0 Å². The van der Waals surface area contributed by atoms with Crippen molar-refractivity contribution in [2.24, 2.45) is 5.92 Å². The number of hydrogen-bond donors (Lipinski definition) is 2. The number of nitrogens with one attached hydrogen (secondary N) is 1. The first-order valence-corrected chi connectivity index (χ1v) is 8.71. The van der Waals surface area contributed by atoms with Crippen LogP contribution in [-0.2, 0) is 14.8 Å². The Labute approximate surface area is 131 Å². The molecule has 6 nitrogen and oxygen atoms in total. The summed E-state index contributed by atoms with van der Waals surface area (Å²) in [7, 11) is -2.46. The molecule has 116 valence electrons. The van der Waals surface area contributed by atoms with Crippen LogP contribution in [0.1, 0.15) is 19.3 Å². The van der Waals surface area contributed by atoms with Gasteiger partial charge in [0.05, 0.1) is 13.0 Å². The molecular formula is C13H16BrNO5S. The van der Waals surface area contributed by atoms with E-state index in [2.05, 4.69) is 20.7 Å². The van der Waals surface area contributed by atoms with E-state index in [0.29, 0.717) is 23.7 Å². The molecule has 1 aliphatic carbocycles. The predicted octanol–water partition coefficient (Wildman–Crippen LogP) is 1.99. The molecule has 0 aliphatic heterocycles. The standard InChI is InChI=1S/C13H16BrNO5S/c1-20-11-6-5-8(14)7-12(11)21(18,19)15-10-4-2-3-9(10)13(16)17/h5-7,9-10,15H,2-4H2,1H3,(H,16,17). The van der Waals surface area contributed by atoms with Gasteiger partial charge in [-0.25, -0.2) is 13.1 Å². The zero-order chi connectivity index (χ0) is 15.6. The number of rotatable bonds is 5. The molecule has 2 rings (SSSR count). The summed E-state index contributed by atoms with van der Waals surface area (Å²) in [5, 5.41) is 9.13. The number of carboxylic acid groups (broad SMARTS) is 1. The maximum Gasteiger partial charge on any atom is 0.308 e. The highest BCUT2D eigenvalue weighted by Gasteiger charge is 2.36. The van der Waals surface area contributed by atoms with Gasteiger partial charge in [-0.3, -0.25) is 4.79 Å². The van der Waals surface area contributed by atoms with Crippen LogP contribution >= 0.6 is 15.9 Å². The van der Waals surface area contributed by atoms with E-state index < -0.39 is 28.0 Å². The van der Waals surface area contributed by atoms with Crippen LogP contribution < -0.4 is 9.46 Å². The van der Waals surface area contributed by atoms with Crippen LogP contribution in [0.5, 0.6) is 5.75 Å². The minimum absolute atomic E-state index is 0.00425. The van der Waals surface area contributed by atoms with Gasteiger partial charge in [-0.05, 0) is 31.0 Å². The molecule has 0 bridgehead atoms. The first-order chi connectivity index (χ1) is 9.85. The van der Waals surface area contributed by atoms with Crippen molar-refractivity contribution in [2.75, 3.05) is 7.11 Å². The summed E-state index contributed by atoms with van der Waals surface area (Å²) in [6, 6.07) is 4.07. The Hall–Kier alpha value is -1.12. The average molecular weight is 378 g/mol. The number of benzene rings is 1. The molecule has 1 aliphatic rings. The fourth-order valence-corrected chi connectivity index (χ4v) is 4.54. The van der Waals surface area contributed by atoms with Crippen LogP contribution in [0, 0.1) is 5.92 Å². The normalized spacial score (nSPS) is 22.2. The lowest BCUT2D eigenvalue weighted by Crippen LogP contribution is -2.40. The molecule has 1 aromatic rings. The summed E-state index contributed by atoms with van der Waals surface area (Å²) in [6.45, 7) is 0. The number of carboxylic acids is 1. The maximum absolute atomic E-state index is 12.5. The predicted molar refractivity (Wildman–Crippen MR) is 79.8 cm³/mol. The first-order valence-electron chi connectivity index (χ1n) is 6.44. The van der Waals surface area contributed by atoms with Gasteiger partial charge in [-0.2, -0.15) is 0 Å². The van der Waals surface area contributed by atoms with E-state index in [1.807, 2.05) is 0 Å². The number of methoxy groups -OCH3 is 1. The van der Waals surface area contributed by atoms with Gasteiger partial charge in [0.15, 0.2) is 0 Å². The van der Waals surface area contributed by atoms with Crippen molar-refractivity contribution in [3.63, 3.8) is 0 Å². The zero-order valence-electron chi connectivity index (χ0n) is 11.4. The number of carbonyl (C=O) groups is 1. The molecule has 0 amide bonds. The second-order valence-corrected chi connectivity index (χ2v) is 7.50. The fourth-order valence-electron chi connectivity index (χ4n) is 2.52. The Kier molecular flexibility index (Phi) is 4.90. The molecule has 0 saturated heterocycles. The lowest BCUT2D eigenvalue weighted by molar-refractivity contribution is -0.141. The highest BCUT2D eigenvalue weighted by Crippen LogP contribution is 2.31. The van der Waals surface area contributed by atoms with E-state index in [-0.39, 0.29) is 10.6 Å². The highest BCUT2D eigenvalue weighted by molar-refractivity contribution is 9.10. The minimum Gasteiger partial charge on any atom is -0.495 e. The third-order valence-corrected chi connectivity index (χ3v) is 5.56. The van der Waals surface area contributed by atoms with Crippen LogP contribution in [0.2, 0.25) is 0 Å². The number of sulfonamides is 1. The highest BCUT2D eigenvalue weighted by atomic mass is 79.9. The van der Waals surface area contributed by atoms with Gasteiger partial charge in [0.25, 0.3) is 0 Å². The molecule has 0 aromatic heterocycles. The SMILES string of the molecule is COc1ccc(Br)cc1S(=O)(=O)NC1CCCC1C(=O)O. The van der Waals surface area contributed by atoms with Gasteiger partial charge in [0.1, 0.15) is 10.6 Å². The number of hydrogen-bond acceptors (Lipinski definition) is 4. The van der Waals surface area contributed by atoms with Crippen LogP contribution in [-0.4, -0.2) is 32.6 Å². The minimum atomic E-state index is -3.84. The topological polar surface area (TPSA) is 92.7 Å². The molecule has 0 heterocycles. The van der Waals surface area contributed by atoms with Crippen LogP contribution in [0.4, 0.5) is 0 Å². The molecule has 1 fully saturated rings. The van der Waals surface area contributed by atoms with Crippen molar-refractivity contribution in [3.05, 3.63) is 22.7 Å². The maximum atomic E-state index is 12.5. The summed E-state index contributed by atoms with van der Waals surface area (Å²) >= 11 is 3.22. The second-order valence-electron chi connectivity index (χ2n) is 4.90. The third-order valence-electron chi connectivity index (χ3n) is 3.55. The van der Waals surface area contributed by atoms with Crippen LogP contribution in [0.15, 0.2) is 27.6 Å². The molecule has 21 heavy (non-hydrogen) atoms. The van der Waals surface area contributed by atoms with Gasteiger partial charge in [-0.1, -0.05) is 22.4 Å². The summed E-state index contributed by atoms with van der Waals surface area (Å²) < 4.78 is 33.1.